The molecule has 0 N–H and O–H groups in total. The molecule has 0 amide bonds. The molecule has 1 aromatic rings. The van der Waals surface area contributed by atoms with Crippen LogP contribution in [0, 0.1) is 6.57 Å². The van der Waals surface area contributed by atoms with E-state index >= 15 is 0 Å². The van der Waals surface area contributed by atoms with Crippen molar-refractivity contribution in [2.24, 2.45) is 0 Å². The van der Waals surface area contributed by atoms with Gasteiger partial charge in [0.25, 0.3) is 0 Å². The van der Waals surface area contributed by atoms with Gasteiger partial charge in [0.2, 0.25) is 0 Å². The highest BCUT2D eigenvalue weighted by molar-refractivity contribution is 7.80. The van der Waals surface area contributed by atoms with Gasteiger partial charge in [0, 0.05) is 12.0 Å². The van der Waals surface area contributed by atoms with Crippen LogP contribution in [0.5, 0.6) is 5.75 Å². The molecule has 2 nitrogen and oxygen atoms in total. The number of ether oxygens (including phenoxy) is 1. The van der Waals surface area contributed by atoms with Crippen molar-refractivity contribution in [3.05, 3.63) is 35.2 Å². The van der Waals surface area contributed by atoms with Crippen molar-refractivity contribution in [2.45, 2.75) is 6.42 Å². The zero-order valence-electron chi connectivity index (χ0n) is 6.20. The molecule has 2 rings (SSSR count). The molecule has 1 aromatic carbocycles. The molecule has 0 atom stereocenters. The normalized spacial score (nSPS) is 13.4. The van der Waals surface area contributed by atoms with Crippen LogP contribution < -0.4 is 4.74 Å². The van der Waals surface area contributed by atoms with Crippen molar-refractivity contribution in [3.8, 4) is 5.75 Å². The van der Waals surface area contributed by atoms with E-state index in [-0.39, 0.29) is 0 Å². The predicted octanol–water partition coefficient (Wildman–Crippen LogP) is 2.50. The van der Waals surface area contributed by atoms with Crippen molar-refractivity contribution >= 4 is 23.0 Å². The summed E-state index contributed by atoms with van der Waals surface area (Å²) in [4.78, 5) is 3.30. The molecule has 1 aliphatic heterocycles. The van der Waals surface area contributed by atoms with E-state index in [9.17, 15) is 0 Å². The summed E-state index contributed by atoms with van der Waals surface area (Å²) in [5, 5.41) is 0.590. The third-order valence-electron chi connectivity index (χ3n) is 1.74. The topological polar surface area (TPSA) is 13.6 Å². The molecule has 1 aliphatic rings. The third-order valence-corrected chi connectivity index (χ3v) is 1.97. The largest absolute Gasteiger partial charge is 0.451 e. The SMILES string of the molecule is [C-]#[N+]c1ccc2c(c1)OC(=S)C2. The minimum atomic E-state index is 0.590. The molecule has 0 aliphatic carbocycles. The molecule has 3 heteroatoms. The Morgan fingerprint density at radius 2 is 2.33 bits per heavy atom. The molecule has 0 unspecified atom stereocenters. The molecule has 0 saturated heterocycles. The second-order valence-corrected chi connectivity index (χ2v) is 3.01. The summed E-state index contributed by atoms with van der Waals surface area (Å²) < 4.78 is 5.24. The van der Waals surface area contributed by atoms with Gasteiger partial charge in [-0.3, -0.25) is 0 Å². The van der Waals surface area contributed by atoms with Gasteiger partial charge in [-0.05, 0) is 18.3 Å². The van der Waals surface area contributed by atoms with Gasteiger partial charge in [0.1, 0.15) is 5.75 Å². The first kappa shape index (κ1) is 7.26. The smallest absolute Gasteiger partial charge is 0.190 e. The Morgan fingerprint density at radius 3 is 3.08 bits per heavy atom. The van der Waals surface area contributed by atoms with E-state index in [1.807, 2.05) is 6.07 Å². The number of fused-ring (bicyclic) bond motifs is 1. The van der Waals surface area contributed by atoms with Gasteiger partial charge in [0.15, 0.2) is 10.7 Å². The predicted molar refractivity (Wildman–Crippen MR) is 49.6 cm³/mol. The van der Waals surface area contributed by atoms with Crippen LogP contribution in [0.25, 0.3) is 4.85 Å². The average molecular weight is 175 g/mol. The van der Waals surface area contributed by atoms with Crippen molar-refractivity contribution < 1.29 is 4.74 Å². The van der Waals surface area contributed by atoms with Crippen LogP contribution in [0.4, 0.5) is 5.69 Å². The Morgan fingerprint density at radius 1 is 1.50 bits per heavy atom. The summed E-state index contributed by atoms with van der Waals surface area (Å²) in [5.41, 5.74) is 1.67. The molecule has 58 valence electrons. The molecular weight excluding hydrogens is 170 g/mol. The van der Waals surface area contributed by atoms with E-state index in [4.69, 9.17) is 23.5 Å². The van der Waals surface area contributed by atoms with Gasteiger partial charge in [-0.15, -0.1) is 0 Å². The van der Waals surface area contributed by atoms with Crippen LogP contribution in [0.3, 0.4) is 0 Å². The molecule has 1 heterocycles. The molecular formula is C9H5NOS. The van der Waals surface area contributed by atoms with E-state index < -0.39 is 0 Å². The molecule has 0 bridgehead atoms. The average Bonchev–Trinajstić information content (AvgIpc) is 2.43. The lowest BCUT2D eigenvalue weighted by Crippen LogP contribution is -1.96. The van der Waals surface area contributed by atoms with Crippen molar-refractivity contribution in [1.82, 2.24) is 0 Å². The Balaban J connectivity index is 2.50. The second kappa shape index (κ2) is 2.58. The van der Waals surface area contributed by atoms with Crippen LogP contribution in [0.15, 0.2) is 18.2 Å². The lowest BCUT2D eigenvalue weighted by atomic mass is 10.1. The number of benzene rings is 1. The zero-order chi connectivity index (χ0) is 8.55. The maximum absolute atomic E-state index is 6.79. The first-order valence-electron chi connectivity index (χ1n) is 3.50. The van der Waals surface area contributed by atoms with Crippen LogP contribution in [0.1, 0.15) is 5.56 Å². The summed E-state index contributed by atoms with van der Waals surface area (Å²) in [6.07, 6.45) is 0.697. The lowest BCUT2D eigenvalue weighted by molar-refractivity contribution is 0.579. The first-order valence-corrected chi connectivity index (χ1v) is 3.91. The molecule has 0 fully saturated rings. The molecule has 0 saturated carbocycles. The minimum absolute atomic E-state index is 0.590. The van der Waals surface area contributed by atoms with Gasteiger partial charge in [-0.25, -0.2) is 4.85 Å². The summed E-state index contributed by atoms with van der Waals surface area (Å²) >= 11 is 4.90. The monoisotopic (exact) mass is 175 g/mol. The number of rotatable bonds is 0. The summed E-state index contributed by atoms with van der Waals surface area (Å²) in [6.45, 7) is 6.79. The maximum atomic E-state index is 6.79. The third kappa shape index (κ3) is 1.06. The highest BCUT2D eigenvalue weighted by Crippen LogP contribution is 2.30. The Hall–Kier alpha value is -1.40. The van der Waals surface area contributed by atoms with Gasteiger partial charge < -0.3 is 4.74 Å². The van der Waals surface area contributed by atoms with Crippen molar-refractivity contribution in [3.63, 3.8) is 0 Å². The number of hydrogen-bond donors (Lipinski definition) is 0. The lowest BCUT2D eigenvalue weighted by Gasteiger charge is -1.96. The number of nitrogens with zero attached hydrogens (tertiary/aromatic N) is 1. The van der Waals surface area contributed by atoms with E-state index in [2.05, 4.69) is 4.85 Å². The van der Waals surface area contributed by atoms with Crippen LogP contribution in [0.2, 0.25) is 0 Å². The summed E-state index contributed by atoms with van der Waals surface area (Å²) in [6, 6.07) is 5.40. The fourth-order valence-electron chi connectivity index (χ4n) is 1.17. The maximum Gasteiger partial charge on any atom is 0.190 e. The van der Waals surface area contributed by atoms with Crippen LogP contribution in [-0.4, -0.2) is 5.05 Å². The first-order chi connectivity index (χ1) is 5.79. The zero-order valence-corrected chi connectivity index (χ0v) is 7.02. The molecule has 0 spiro atoms. The highest BCUT2D eigenvalue weighted by Gasteiger charge is 2.16. The summed E-state index contributed by atoms with van der Waals surface area (Å²) in [5.74, 6) is 0.744. The number of hydrogen-bond acceptors (Lipinski definition) is 2. The van der Waals surface area contributed by atoms with Crippen LogP contribution in [-0.2, 0) is 6.42 Å². The fraction of sp³-hybridized carbons (Fsp3) is 0.111. The van der Waals surface area contributed by atoms with Crippen molar-refractivity contribution in [1.29, 1.82) is 0 Å². The van der Waals surface area contributed by atoms with Gasteiger partial charge in [-0.2, -0.15) is 0 Å². The quantitative estimate of drug-likeness (QED) is 0.444. The fourth-order valence-corrected chi connectivity index (χ4v) is 1.41. The van der Waals surface area contributed by atoms with E-state index in [0.717, 1.165) is 11.3 Å². The minimum Gasteiger partial charge on any atom is -0.451 e. The van der Waals surface area contributed by atoms with E-state index in [0.29, 0.717) is 17.2 Å². The van der Waals surface area contributed by atoms with Crippen LogP contribution >= 0.6 is 12.2 Å². The van der Waals surface area contributed by atoms with Crippen molar-refractivity contribution in [2.75, 3.05) is 0 Å². The molecule has 0 aromatic heterocycles. The summed E-state index contributed by atoms with van der Waals surface area (Å²) in [7, 11) is 0. The van der Waals surface area contributed by atoms with E-state index in [1.54, 1.807) is 12.1 Å². The number of thiocarbonyl (C=S) groups is 1. The Labute approximate surface area is 75.6 Å². The molecule has 0 radical (unpaired) electrons. The van der Waals surface area contributed by atoms with Gasteiger partial charge in [0.05, 0.1) is 6.57 Å². The van der Waals surface area contributed by atoms with Gasteiger partial charge >= 0.3 is 0 Å². The van der Waals surface area contributed by atoms with E-state index in [1.165, 1.54) is 0 Å². The second-order valence-electron chi connectivity index (χ2n) is 2.55. The highest BCUT2D eigenvalue weighted by atomic mass is 32.1. The molecule has 12 heavy (non-hydrogen) atoms. The van der Waals surface area contributed by atoms with Gasteiger partial charge in [-0.1, -0.05) is 12.1 Å². The standard InChI is InChI=1S/C9H5NOS/c1-10-7-3-2-6-4-9(12)11-8(6)5-7/h2-3,5H,4H2. The Bertz CT molecular complexity index is 392. The Kier molecular flexibility index (Phi) is 1.56.